The highest BCUT2D eigenvalue weighted by atomic mass is 16.3. The smallest absolute Gasteiger partial charge is 0.0649 e. The van der Waals surface area contributed by atoms with Crippen molar-refractivity contribution in [3.63, 3.8) is 0 Å². The van der Waals surface area contributed by atoms with Crippen LogP contribution in [0.4, 0.5) is 0 Å². The second-order valence-corrected chi connectivity index (χ2v) is 6.40. The molecule has 0 fully saturated rings. The molecule has 21 heavy (non-hydrogen) atoms. The Balaban J connectivity index is 1.83. The van der Waals surface area contributed by atoms with Crippen LogP contribution in [0, 0.1) is 13.8 Å². The highest BCUT2D eigenvalue weighted by Gasteiger charge is 2.26. The van der Waals surface area contributed by atoms with Crippen LogP contribution in [0.1, 0.15) is 46.6 Å². The predicted octanol–water partition coefficient (Wildman–Crippen LogP) is 4.33. The van der Waals surface area contributed by atoms with Crippen molar-refractivity contribution in [1.82, 2.24) is 0 Å². The third-order valence-electron chi connectivity index (χ3n) is 4.81. The van der Waals surface area contributed by atoms with Crippen molar-refractivity contribution in [1.29, 1.82) is 0 Å². The van der Waals surface area contributed by atoms with Crippen LogP contribution < -0.4 is 0 Å². The molecule has 2 aromatic rings. The molecule has 0 bridgehead atoms. The van der Waals surface area contributed by atoms with Crippen LogP contribution in [0.2, 0.25) is 0 Å². The minimum atomic E-state index is -0.285. The fourth-order valence-electron chi connectivity index (χ4n) is 3.58. The molecule has 0 amide bonds. The number of hydrogen-bond acceptors (Lipinski definition) is 1. The first kappa shape index (κ1) is 14.3. The number of aliphatic hydroxyl groups is 1. The summed E-state index contributed by atoms with van der Waals surface area (Å²) < 4.78 is 0. The van der Waals surface area contributed by atoms with Gasteiger partial charge in [0, 0.05) is 5.92 Å². The molecule has 0 saturated carbocycles. The van der Waals surface area contributed by atoms with Gasteiger partial charge in [-0.15, -0.1) is 0 Å². The lowest BCUT2D eigenvalue weighted by molar-refractivity contribution is 0.134. The monoisotopic (exact) mass is 280 g/mol. The Kier molecular flexibility index (Phi) is 4.12. The first-order valence-corrected chi connectivity index (χ1v) is 7.97. The average molecular weight is 280 g/mol. The minimum absolute atomic E-state index is 0.285. The molecule has 0 heterocycles. The summed E-state index contributed by atoms with van der Waals surface area (Å²) in [6.07, 6.45) is 3.91. The molecule has 2 atom stereocenters. The van der Waals surface area contributed by atoms with E-state index in [1.165, 1.54) is 34.2 Å². The van der Waals surface area contributed by atoms with Gasteiger partial charge in [-0.25, -0.2) is 0 Å². The van der Waals surface area contributed by atoms with E-state index in [0.29, 0.717) is 0 Å². The summed E-state index contributed by atoms with van der Waals surface area (Å²) >= 11 is 0. The van der Waals surface area contributed by atoms with Crippen molar-refractivity contribution in [3.8, 4) is 0 Å². The first-order valence-electron chi connectivity index (χ1n) is 7.97. The van der Waals surface area contributed by atoms with Gasteiger partial charge < -0.3 is 5.11 Å². The molecule has 1 nitrogen and oxygen atoms in total. The Morgan fingerprint density at radius 1 is 1.14 bits per heavy atom. The largest absolute Gasteiger partial charge is 0.392 e. The first-order chi connectivity index (χ1) is 10.1. The molecule has 0 aromatic heterocycles. The maximum atomic E-state index is 10.8. The molecule has 110 valence electrons. The number of fused-ring (bicyclic) bond motifs is 1. The summed E-state index contributed by atoms with van der Waals surface area (Å²) in [5.74, 6) is 0.287. The standard InChI is InChI=1S/C20H24O/c1-14-10-11-15(2)17(12-14)13-20(21)19-9-5-7-16-6-3-4-8-18(16)19/h3-4,6,8,10-12,19-21H,5,7,9,13H2,1-2H3. The van der Waals surface area contributed by atoms with Gasteiger partial charge >= 0.3 is 0 Å². The molecule has 3 rings (SSSR count). The molecule has 0 radical (unpaired) electrons. The van der Waals surface area contributed by atoms with Crippen LogP contribution in [0.5, 0.6) is 0 Å². The van der Waals surface area contributed by atoms with Gasteiger partial charge in [-0.1, -0.05) is 48.0 Å². The summed E-state index contributed by atoms with van der Waals surface area (Å²) in [4.78, 5) is 0. The third-order valence-corrected chi connectivity index (χ3v) is 4.81. The van der Waals surface area contributed by atoms with Crippen LogP contribution in [-0.2, 0) is 12.8 Å². The zero-order valence-electron chi connectivity index (χ0n) is 13.0. The molecule has 0 saturated heterocycles. The molecular weight excluding hydrogens is 256 g/mol. The highest BCUT2D eigenvalue weighted by molar-refractivity contribution is 5.35. The van der Waals surface area contributed by atoms with Gasteiger partial charge in [0.25, 0.3) is 0 Å². The third kappa shape index (κ3) is 3.03. The molecule has 2 unspecified atom stereocenters. The van der Waals surface area contributed by atoms with Gasteiger partial charge in [-0.05, 0) is 61.8 Å². The highest BCUT2D eigenvalue weighted by Crippen LogP contribution is 2.35. The Hall–Kier alpha value is -1.60. The quantitative estimate of drug-likeness (QED) is 0.887. The van der Waals surface area contributed by atoms with Crippen molar-refractivity contribution >= 4 is 0 Å². The van der Waals surface area contributed by atoms with E-state index in [1.54, 1.807) is 0 Å². The van der Waals surface area contributed by atoms with Crippen molar-refractivity contribution in [2.24, 2.45) is 0 Å². The normalized spacial score (nSPS) is 19.1. The van der Waals surface area contributed by atoms with Gasteiger partial charge in [0.05, 0.1) is 6.10 Å². The topological polar surface area (TPSA) is 20.2 Å². The Bertz CT molecular complexity index is 629. The zero-order valence-corrected chi connectivity index (χ0v) is 13.0. The van der Waals surface area contributed by atoms with Crippen molar-refractivity contribution in [3.05, 3.63) is 70.3 Å². The maximum Gasteiger partial charge on any atom is 0.0649 e. The van der Waals surface area contributed by atoms with Crippen molar-refractivity contribution < 1.29 is 5.11 Å². The second kappa shape index (κ2) is 6.03. The van der Waals surface area contributed by atoms with E-state index in [0.717, 1.165) is 19.3 Å². The maximum absolute atomic E-state index is 10.8. The van der Waals surface area contributed by atoms with Crippen LogP contribution in [-0.4, -0.2) is 11.2 Å². The van der Waals surface area contributed by atoms with E-state index in [-0.39, 0.29) is 12.0 Å². The van der Waals surface area contributed by atoms with Crippen LogP contribution in [0.3, 0.4) is 0 Å². The summed E-state index contributed by atoms with van der Waals surface area (Å²) in [5, 5.41) is 10.8. The van der Waals surface area contributed by atoms with Crippen LogP contribution >= 0.6 is 0 Å². The van der Waals surface area contributed by atoms with E-state index >= 15 is 0 Å². The molecule has 1 aliphatic carbocycles. The molecule has 1 aliphatic rings. The van der Waals surface area contributed by atoms with Gasteiger partial charge in [0.15, 0.2) is 0 Å². The number of rotatable bonds is 3. The zero-order chi connectivity index (χ0) is 14.8. The summed E-state index contributed by atoms with van der Waals surface area (Å²) in [6.45, 7) is 4.25. The Labute approximate surface area is 127 Å². The lowest BCUT2D eigenvalue weighted by Crippen LogP contribution is -2.25. The number of hydrogen-bond donors (Lipinski definition) is 1. The summed E-state index contributed by atoms with van der Waals surface area (Å²) in [7, 11) is 0. The Morgan fingerprint density at radius 2 is 1.95 bits per heavy atom. The summed E-state index contributed by atoms with van der Waals surface area (Å²) in [5.41, 5.74) is 6.62. The second-order valence-electron chi connectivity index (χ2n) is 6.40. The Morgan fingerprint density at radius 3 is 2.81 bits per heavy atom. The summed E-state index contributed by atoms with van der Waals surface area (Å²) in [6, 6.07) is 15.1. The number of benzene rings is 2. The minimum Gasteiger partial charge on any atom is -0.392 e. The van der Waals surface area contributed by atoms with Gasteiger partial charge in [-0.3, -0.25) is 0 Å². The van der Waals surface area contributed by atoms with E-state index in [4.69, 9.17) is 0 Å². The molecular formula is C20H24O. The fourth-order valence-corrected chi connectivity index (χ4v) is 3.58. The van der Waals surface area contributed by atoms with Gasteiger partial charge in [0.2, 0.25) is 0 Å². The molecule has 0 aliphatic heterocycles. The fraction of sp³-hybridized carbons (Fsp3) is 0.400. The van der Waals surface area contributed by atoms with Gasteiger partial charge in [-0.2, -0.15) is 0 Å². The molecule has 2 aromatic carbocycles. The lowest BCUT2D eigenvalue weighted by atomic mass is 9.78. The molecule has 1 heteroatoms. The van der Waals surface area contributed by atoms with Crippen LogP contribution in [0.15, 0.2) is 42.5 Å². The molecule has 1 N–H and O–H groups in total. The lowest BCUT2D eigenvalue weighted by Gasteiger charge is -2.30. The van der Waals surface area contributed by atoms with Crippen LogP contribution in [0.25, 0.3) is 0 Å². The number of aliphatic hydroxyl groups excluding tert-OH is 1. The number of aryl methyl sites for hydroxylation is 3. The van der Waals surface area contributed by atoms with E-state index in [1.807, 2.05) is 0 Å². The van der Waals surface area contributed by atoms with E-state index < -0.39 is 0 Å². The molecule has 0 spiro atoms. The van der Waals surface area contributed by atoms with E-state index in [2.05, 4.69) is 56.3 Å². The predicted molar refractivity (Wildman–Crippen MR) is 87.7 cm³/mol. The van der Waals surface area contributed by atoms with Gasteiger partial charge in [0.1, 0.15) is 0 Å². The SMILES string of the molecule is Cc1ccc(C)c(CC(O)C2CCCc3ccccc32)c1. The average Bonchev–Trinajstić information content (AvgIpc) is 2.50. The van der Waals surface area contributed by atoms with E-state index in [9.17, 15) is 5.11 Å². The van der Waals surface area contributed by atoms with Crippen molar-refractivity contribution in [2.75, 3.05) is 0 Å². The van der Waals surface area contributed by atoms with Crippen molar-refractivity contribution in [2.45, 2.75) is 51.6 Å².